The van der Waals surface area contributed by atoms with E-state index in [1.165, 1.54) is 0 Å². The second kappa shape index (κ2) is 12.9. The van der Waals surface area contributed by atoms with Gasteiger partial charge in [0.25, 0.3) is 11.8 Å². The van der Waals surface area contributed by atoms with Crippen LogP contribution >= 0.6 is 39.7 Å². The number of carbonyl (C=O) groups excluding carboxylic acids is 2. The minimum absolute atomic E-state index is 0.0786. The Morgan fingerprint density at radius 1 is 0.912 bits per heavy atom. The fraction of sp³-hybridized carbons (Fsp3) is 0.125. The molecule has 2 amide bonds. The number of benzene rings is 3. The molecule has 0 unspecified atom stereocenters. The molecule has 0 spiro atoms. The van der Waals surface area contributed by atoms with Crippen molar-refractivity contribution in [3.63, 3.8) is 0 Å². The second-order valence-corrected chi connectivity index (χ2v) is 8.60. The molecule has 0 aliphatic carbocycles. The Hall–Kier alpha value is -3.14. The third-order valence-electron chi connectivity index (χ3n) is 4.42. The van der Waals surface area contributed by atoms with Crippen LogP contribution in [0.1, 0.15) is 15.9 Å². The number of halogens is 2. The summed E-state index contributed by atoms with van der Waals surface area (Å²) in [6.45, 7) is 0.138. The van der Waals surface area contributed by atoms with Crippen molar-refractivity contribution in [1.29, 1.82) is 0 Å². The zero-order valence-corrected chi connectivity index (χ0v) is 21.0. The zero-order chi connectivity index (χ0) is 24.3. The predicted molar refractivity (Wildman–Crippen MR) is 138 cm³/mol. The van der Waals surface area contributed by atoms with Crippen LogP contribution in [0.15, 0.2) is 77.3 Å². The van der Waals surface area contributed by atoms with Crippen molar-refractivity contribution in [1.82, 2.24) is 16.2 Å². The van der Waals surface area contributed by atoms with E-state index >= 15 is 0 Å². The van der Waals surface area contributed by atoms with Gasteiger partial charge in [0, 0.05) is 11.4 Å². The number of amides is 2. The molecule has 0 saturated carbocycles. The first-order chi connectivity index (χ1) is 16.4. The minimum atomic E-state index is -0.497. The third-order valence-corrected chi connectivity index (χ3v) is 5.48. The molecule has 0 radical (unpaired) electrons. The van der Waals surface area contributed by atoms with Crippen molar-refractivity contribution >= 4 is 56.7 Å². The first-order valence-corrected chi connectivity index (χ1v) is 11.7. The molecule has 3 rings (SSSR count). The van der Waals surface area contributed by atoms with Gasteiger partial charge in [-0.1, -0.05) is 54.1 Å². The molecule has 176 valence electrons. The molecule has 3 N–H and O–H groups in total. The van der Waals surface area contributed by atoms with Gasteiger partial charge < -0.3 is 9.47 Å². The summed E-state index contributed by atoms with van der Waals surface area (Å²) in [4.78, 5) is 24.7. The Morgan fingerprint density at radius 3 is 2.41 bits per heavy atom. The van der Waals surface area contributed by atoms with Crippen molar-refractivity contribution in [3.8, 4) is 11.5 Å². The van der Waals surface area contributed by atoms with Crippen LogP contribution in [-0.4, -0.2) is 30.1 Å². The Morgan fingerprint density at radius 2 is 1.65 bits per heavy atom. The number of para-hydroxylation sites is 1. The first-order valence-electron chi connectivity index (χ1n) is 10.2. The lowest BCUT2D eigenvalue weighted by atomic mass is 10.1. The Labute approximate surface area is 215 Å². The van der Waals surface area contributed by atoms with Crippen molar-refractivity contribution in [3.05, 3.63) is 93.4 Å². The highest BCUT2D eigenvalue weighted by molar-refractivity contribution is 9.10. The Kier molecular flexibility index (Phi) is 9.69. The molecule has 3 aromatic carbocycles. The number of rotatable bonds is 8. The molecule has 3 aromatic rings. The van der Waals surface area contributed by atoms with Crippen LogP contribution in [0.25, 0.3) is 0 Å². The van der Waals surface area contributed by atoms with E-state index in [0.717, 1.165) is 5.56 Å². The first kappa shape index (κ1) is 25.5. The summed E-state index contributed by atoms with van der Waals surface area (Å²) < 4.78 is 11.8. The molecule has 0 fully saturated rings. The van der Waals surface area contributed by atoms with Crippen LogP contribution in [-0.2, 0) is 11.2 Å². The summed E-state index contributed by atoms with van der Waals surface area (Å²) >= 11 is 14.3. The quantitative estimate of drug-likeness (QED) is 0.278. The van der Waals surface area contributed by atoms with Crippen LogP contribution in [0.3, 0.4) is 0 Å². The van der Waals surface area contributed by atoms with E-state index in [1.807, 2.05) is 30.3 Å². The third kappa shape index (κ3) is 8.02. The molecule has 7 nitrogen and oxygen atoms in total. The fourth-order valence-corrected chi connectivity index (χ4v) is 3.74. The van der Waals surface area contributed by atoms with E-state index in [1.54, 1.807) is 42.5 Å². The second-order valence-electron chi connectivity index (χ2n) is 6.90. The average Bonchev–Trinajstić information content (AvgIpc) is 2.83. The van der Waals surface area contributed by atoms with Gasteiger partial charge in [0.15, 0.2) is 11.7 Å². The topological polar surface area (TPSA) is 88.7 Å². The summed E-state index contributed by atoms with van der Waals surface area (Å²) in [7, 11) is 0. The molecule has 0 heterocycles. The van der Waals surface area contributed by atoms with Crippen molar-refractivity contribution < 1.29 is 19.1 Å². The average molecular weight is 563 g/mol. The van der Waals surface area contributed by atoms with E-state index in [4.69, 9.17) is 33.3 Å². The molecule has 0 atom stereocenters. The molecular weight excluding hydrogens is 542 g/mol. The van der Waals surface area contributed by atoms with Crippen LogP contribution in [0.2, 0.25) is 5.02 Å². The molecule has 34 heavy (non-hydrogen) atoms. The van der Waals surface area contributed by atoms with Gasteiger partial charge >= 0.3 is 0 Å². The maximum Gasteiger partial charge on any atom is 0.276 e. The van der Waals surface area contributed by atoms with Gasteiger partial charge in [0.1, 0.15) is 11.5 Å². The van der Waals surface area contributed by atoms with E-state index in [2.05, 4.69) is 32.1 Å². The standard InChI is InChI=1S/C24H21BrClN3O4S/c25-19-14-17(26)10-11-21(19)33-15-22(30)28-29-24(34)27-23(31)18-8-4-5-9-20(18)32-13-12-16-6-2-1-3-7-16/h1-11,14H,12-13,15H2,(H,28,30)(H2,27,29,31,34). The lowest BCUT2D eigenvalue weighted by molar-refractivity contribution is -0.123. The van der Waals surface area contributed by atoms with E-state index < -0.39 is 11.8 Å². The summed E-state index contributed by atoms with van der Waals surface area (Å²) in [6, 6.07) is 21.7. The lowest BCUT2D eigenvalue weighted by Crippen LogP contribution is -2.49. The number of hydrogen-bond donors (Lipinski definition) is 3. The molecule has 0 saturated heterocycles. The van der Waals surface area contributed by atoms with Crippen LogP contribution in [0.4, 0.5) is 0 Å². The fourth-order valence-electron chi connectivity index (χ4n) is 2.80. The minimum Gasteiger partial charge on any atom is -0.492 e. The predicted octanol–water partition coefficient (Wildman–Crippen LogP) is 4.44. The normalized spacial score (nSPS) is 10.2. The van der Waals surface area contributed by atoms with Crippen molar-refractivity contribution in [2.45, 2.75) is 6.42 Å². The van der Waals surface area contributed by atoms with E-state index in [0.29, 0.717) is 39.6 Å². The molecule has 0 aliphatic rings. The lowest BCUT2D eigenvalue weighted by Gasteiger charge is -2.14. The van der Waals surface area contributed by atoms with Gasteiger partial charge in [-0.3, -0.25) is 25.8 Å². The van der Waals surface area contributed by atoms with Gasteiger partial charge in [-0.2, -0.15) is 0 Å². The number of thiocarbonyl (C=S) groups is 1. The van der Waals surface area contributed by atoms with E-state index in [9.17, 15) is 9.59 Å². The van der Waals surface area contributed by atoms with Gasteiger partial charge in [-0.25, -0.2) is 0 Å². The SMILES string of the molecule is O=C(COc1ccc(Cl)cc1Br)NNC(=S)NC(=O)c1ccccc1OCCc1ccccc1. The highest BCUT2D eigenvalue weighted by atomic mass is 79.9. The van der Waals surface area contributed by atoms with Crippen LogP contribution in [0.5, 0.6) is 11.5 Å². The van der Waals surface area contributed by atoms with Gasteiger partial charge in [-0.15, -0.1) is 0 Å². The number of hydrogen-bond acceptors (Lipinski definition) is 5. The van der Waals surface area contributed by atoms with Crippen LogP contribution in [0, 0.1) is 0 Å². The summed E-state index contributed by atoms with van der Waals surface area (Å²) in [6.07, 6.45) is 0.706. The molecular formula is C24H21BrClN3O4S. The summed E-state index contributed by atoms with van der Waals surface area (Å²) in [5, 5.41) is 2.97. The zero-order valence-electron chi connectivity index (χ0n) is 17.8. The largest absolute Gasteiger partial charge is 0.492 e. The smallest absolute Gasteiger partial charge is 0.276 e. The van der Waals surface area contributed by atoms with Gasteiger partial charge in [-0.05, 0) is 64.0 Å². The molecule has 10 heteroatoms. The highest BCUT2D eigenvalue weighted by Crippen LogP contribution is 2.27. The van der Waals surface area contributed by atoms with Gasteiger partial charge in [0.05, 0.1) is 16.6 Å². The molecule has 0 aliphatic heterocycles. The summed E-state index contributed by atoms with van der Waals surface area (Å²) in [5.41, 5.74) is 6.30. The highest BCUT2D eigenvalue weighted by Gasteiger charge is 2.14. The summed E-state index contributed by atoms with van der Waals surface area (Å²) in [5.74, 6) is -0.0736. The van der Waals surface area contributed by atoms with E-state index in [-0.39, 0.29) is 11.7 Å². The monoisotopic (exact) mass is 561 g/mol. The number of hydrazine groups is 1. The van der Waals surface area contributed by atoms with Crippen molar-refractivity contribution in [2.24, 2.45) is 0 Å². The van der Waals surface area contributed by atoms with Gasteiger partial charge in [0.2, 0.25) is 0 Å². The number of ether oxygens (including phenoxy) is 2. The molecule has 0 aromatic heterocycles. The Balaban J connectivity index is 1.44. The Bertz CT molecular complexity index is 1160. The number of nitrogens with one attached hydrogen (secondary N) is 3. The maximum absolute atomic E-state index is 12.7. The molecule has 0 bridgehead atoms. The van der Waals surface area contributed by atoms with Crippen molar-refractivity contribution in [2.75, 3.05) is 13.2 Å². The number of carbonyl (C=O) groups is 2. The maximum atomic E-state index is 12.7. The van der Waals surface area contributed by atoms with Crippen LogP contribution < -0.4 is 25.6 Å².